The first-order valence-corrected chi connectivity index (χ1v) is 8.50. The Morgan fingerprint density at radius 1 is 1.32 bits per heavy atom. The number of halogens is 1. The largest absolute Gasteiger partial charge is 0.335 e. The van der Waals surface area contributed by atoms with Gasteiger partial charge in [-0.05, 0) is 31.2 Å². The topological polar surface area (TPSA) is 112 Å². The van der Waals surface area contributed by atoms with Crippen LogP contribution in [0.25, 0.3) is 11.4 Å². The zero-order valence-electron chi connectivity index (χ0n) is 13.1. The molecule has 0 fully saturated rings. The summed E-state index contributed by atoms with van der Waals surface area (Å²) in [5, 5.41) is 11.3. The van der Waals surface area contributed by atoms with Crippen LogP contribution < -0.4 is 11.2 Å². The first-order chi connectivity index (χ1) is 12.0. The standard InChI is InChI=1S/C15H14ClN7OS/c1-9(14(24)20-12-5-4-11(16)8-19-12)25-15-22-21-13(23(15)17)10-3-2-6-18-7-10/h2-9H,17H2,1H3,(H,19,20,24)/t9-/m1/s1. The zero-order chi connectivity index (χ0) is 17.8. The van der Waals surface area contributed by atoms with Gasteiger partial charge in [0.1, 0.15) is 5.82 Å². The van der Waals surface area contributed by atoms with Crippen molar-refractivity contribution in [3.63, 3.8) is 0 Å². The average molecular weight is 376 g/mol. The number of carbonyl (C=O) groups excluding carboxylic acids is 1. The molecule has 1 amide bonds. The van der Waals surface area contributed by atoms with Crippen LogP contribution in [0.3, 0.4) is 0 Å². The zero-order valence-corrected chi connectivity index (χ0v) is 14.7. The normalized spacial score (nSPS) is 11.9. The van der Waals surface area contributed by atoms with Gasteiger partial charge in [-0.15, -0.1) is 10.2 Å². The fourth-order valence-electron chi connectivity index (χ4n) is 1.94. The molecule has 1 atom stereocenters. The Balaban J connectivity index is 1.68. The van der Waals surface area contributed by atoms with Gasteiger partial charge in [0, 0.05) is 24.2 Å². The Morgan fingerprint density at radius 2 is 2.16 bits per heavy atom. The molecular weight excluding hydrogens is 362 g/mol. The predicted octanol–water partition coefficient (Wildman–Crippen LogP) is 2.22. The van der Waals surface area contributed by atoms with Crippen molar-refractivity contribution in [1.82, 2.24) is 24.8 Å². The second-order valence-corrected chi connectivity index (χ2v) is 6.77. The molecule has 0 aliphatic carbocycles. The van der Waals surface area contributed by atoms with Gasteiger partial charge in [0.15, 0.2) is 5.82 Å². The molecule has 3 N–H and O–H groups in total. The van der Waals surface area contributed by atoms with E-state index in [4.69, 9.17) is 17.4 Å². The molecule has 0 aromatic carbocycles. The van der Waals surface area contributed by atoms with Crippen molar-refractivity contribution < 1.29 is 4.79 Å². The maximum atomic E-state index is 12.3. The molecule has 0 radical (unpaired) electrons. The van der Waals surface area contributed by atoms with Gasteiger partial charge in [0.25, 0.3) is 0 Å². The number of rotatable bonds is 5. The summed E-state index contributed by atoms with van der Waals surface area (Å²) in [6.45, 7) is 1.74. The van der Waals surface area contributed by atoms with Crippen molar-refractivity contribution >= 4 is 35.1 Å². The van der Waals surface area contributed by atoms with Gasteiger partial charge in [-0.25, -0.2) is 9.66 Å². The highest BCUT2D eigenvalue weighted by atomic mass is 35.5. The molecule has 0 bridgehead atoms. The summed E-state index contributed by atoms with van der Waals surface area (Å²) >= 11 is 6.97. The summed E-state index contributed by atoms with van der Waals surface area (Å²) in [4.78, 5) is 20.3. The summed E-state index contributed by atoms with van der Waals surface area (Å²) in [6, 6.07) is 6.89. The smallest absolute Gasteiger partial charge is 0.238 e. The number of pyridine rings is 2. The van der Waals surface area contributed by atoms with E-state index >= 15 is 0 Å². The van der Waals surface area contributed by atoms with Crippen molar-refractivity contribution in [2.45, 2.75) is 17.3 Å². The van der Waals surface area contributed by atoms with Gasteiger partial charge in [0.05, 0.1) is 10.3 Å². The molecule has 3 aromatic rings. The SMILES string of the molecule is C[C@@H](Sc1nnc(-c2cccnc2)n1N)C(=O)Nc1ccc(Cl)cn1. The van der Waals surface area contributed by atoms with Gasteiger partial charge in [-0.3, -0.25) is 9.78 Å². The number of nitrogens with zero attached hydrogens (tertiary/aromatic N) is 5. The molecule has 3 aromatic heterocycles. The minimum absolute atomic E-state index is 0.231. The van der Waals surface area contributed by atoms with E-state index in [-0.39, 0.29) is 5.91 Å². The highest BCUT2D eigenvalue weighted by Crippen LogP contribution is 2.25. The minimum atomic E-state index is -0.453. The summed E-state index contributed by atoms with van der Waals surface area (Å²) < 4.78 is 1.34. The van der Waals surface area contributed by atoms with E-state index in [0.717, 1.165) is 5.56 Å². The van der Waals surface area contributed by atoms with Crippen LogP contribution >= 0.6 is 23.4 Å². The third-order valence-corrected chi connectivity index (χ3v) is 4.49. The van der Waals surface area contributed by atoms with Gasteiger partial charge in [-0.2, -0.15) is 0 Å². The number of anilines is 1. The van der Waals surface area contributed by atoms with E-state index in [0.29, 0.717) is 21.8 Å². The van der Waals surface area contributed by atoms with Crippen LogP contribution in [0.2, 0.25) is 5.02 Å². The first-order valence-electron chi connectivity index (χ1n) is 7.24. The van der Waals surface area contributed by atoms with Gasteiger partial charge in [-0.1, -0.05) is 23.4 Å². The van der Waals surface area contributed by atoms with E-state index in [1.54, 1.807) is 37.5 Å². The molecule has 8 nitrogen and oxygen atoms in total. The lowest BCUT2D eigenvalue weighted by Gasteiger charge is -2.11. The van der Waals surface area contributed by atoms with E-state index in [1.165, 1.54) is 22.6 Å². The molecule has 0 aliphatic heterocycles. The fourth-order valence-corrected chi connectivity index (χ4v) is 2.82. The lowest BCUT2D eigenvalue weighted by atomic mass is 10.3. The molecular formula is C15H14ClN7OS. The average Bonchev–Trinajstić information content (AvgIpc) is 2.98. The number of amides is 1. The molecule has 128 valence electrons. The molecule has 0 spiro atoms. The quantitative estimate of drug-likeness (QED) is 0.519. The van der Waals surface area contributed by atoms with E-state index in [2.05, 4.69) is 25.5 Å². The second-order valence-electron chi connectivity index (χ2n) is 5.03. The highest BCUT2D eigenvalue weighted by Gasteiger charge is 2.20. The van der Waals surface area contributed by atoms with Crippen LogP contribution in [0.15, 0.2) is 48.0 Å². The molecule has 3 heterocycles. The van der Waals surface area contributed by atoms with Crippen molar-refractivity contribution in [3.05, 3.63) is 47.9 Å². The Labute approximate surface area is 152 Å². The lowest BCUT2D eigenvalue weighted by Crippen LogP contribution is -2.24. The second kappa shape index (κ2) is 7.49. The molecule has 25 heavy (non-hydrogen) atoms. The maximum absolute atomic E-state index is 12.3. The summed E-state index contributed by atoms with van der Waals surface area (Å²) in [5.41, 5.74) is 0.742. The third-order valence-electron chi connectivity index (χ3n) is 3.21. The molecule has 0 aliphatic rings. The van der Waals surface area contributed by atoms with Crippen molar-refractivity contribution in [3.8, 4) is 11.4 Å². The minimum Gasteiger partial charge on any atom is -0.335 e. The molecule has 10 heteroatoms. The highest BCUT2D eigenvalue weighted by molar-refractivity contribution is 8.00. The summed E-state index contributed by atoms with van der Waals surface area (Å²) in [6.07, 6.45) is 4.77. The van der Waals surface area contributed by atoms with Crippen LogP contribution in [0.1, 0.15) is 6.92 Å². The Bertz CT molecular complexity index is 869. The summed E-state index contributed by atoms with van der Waals surface area (Å²) in [7, 11) is 0. The molecule has 0 unspecified atom stereocenters. The monoisotopic (exact) mass is 375 g/mol. The molecule has 0 saturated heterocycles. The van der Waals surface area contributed by atoms with Gasteiger partial charge >= 0.3 is 0 Å². The van der Waals surface area contributed by atoms with Crippen molar-refractivity contribution in [2.24, 2.45) is 0 Å². The van der Waals surface area contributed by atoms with Crippen LogP contribution in [0.4, 0.5) is 5.82 Å². The van der Waals surface area contributed by atoms with Gasteiger partial charge in [0.2, 0.25) is 11.1 Å². The number of nitrogens with two attached hydrogens (primary N) is 1. The predicted molar refractivity (Wildman–Crippen MR) is 96.6 cm³/mol. The lowest BCUT2D eigenvalue weighted by molar-refractivity contribution is -0.115. The number of thioether (sulfide) groups is 1. The van der Waals surface area contributed by atoms with E-state index in [1.807, 2.05) is 6.07 Å². The van der Waals surface area contributed by atoms with Crippen LogP contribution in [0, 0.1) is 0 Å². The number of nitrogens with one attached hydrogen (secondary N) is 1. The van der Waals surface area contributed by atoms with Gasteiger partial charge < -0.3 is 11.2 Å². The number of nitrogen functional groups attached to an aromatic ring is 1. The van der Waals surface area contributed by atoms with Crippen LogP contribution in [-0.4, -0.2) is 36.0 Å². The molecule has 3 rings (SSSR count). The molecule has 0 saturated carbocycles. The Kier molecular flexibility index (Phi) is 5.15. The number of carbonyl (C=O) groups is 1. The third kappa shape index (κ3) is 4.06. The number of hydrogen-bond acceptors (Lipinski definition) is 7. The van der Waals surface area contributed by atoms with Crippen molar-refractivity contribution in [1.29, 1.82) is 0 Å². The van der Waals surface area contributed by atoms with Crippen LogP contribution in [-0.2, 0) is 4.79 Å². The Morgan fingerprint density at radius 3 is 2.84 bits per heavy atom. The van der Waals surface area contributed by atoms with E-state index in [9.17, 15) is 4.79 Å². The van der Waals surface area contributed by atoms with E-state index < -0.39 is 5.25 Å². The Hall–Kier alpha value is -2.65. The summed E-state index contributed by atoms with van der Waals surface area (Å²) in [5.74, 6) is 6.70. The number of aromatic nitrogens is 5. The maximum Gasteiger partial charge on any atom is 0.238 e. The van der Waals surface area contributed by atoms with Crippen molar-refractivity contribution in [2.75, 3.05) is 11.2 Å². The first kappa shape index (κ1) is 17.2. The fraction of sp³-hybridized carbons (Fsp3) is 0.133. The van der Waals surface area contributed by atoms with Crippen LogP contribution in [0.5, 0.6) is 0 Å². The number of hydrogen-bond donors (Lipinski definition) is 2.